The highest BCUT2D eigenvalue weighted by atomic mass is 16.5. The Balaban J connectivity index is 1.84. The molecule has 0 saturated carbocycles. The van der Waals surface area contributed by atoms with Crippen LogP contribution in [0.25, 0.3) is 0 Å². The minimum Gasteiger partial charge on any atom is -0.382 e. The summed E-state index contributed by atoms with van der Waals surface area (Å²) in [5, 5.41) is 3.46. The molecular formula is C9H17NO2. The highest BCUT2D eigenvalue weighted by Crippen LogP contribution is 2.25. The van der Waals surface area contributed by atoms with E-state index in [1.54, 1.807) is 7.11 Å². The van der Waals surface area contributed by atoms with Gasteiger partial charge in [-0.15, -0.1) is 0 Å². The van der Waals surface area contributed by atoms with Gasteiger partial charge < -0.3 is 14.8 Å². The van der Waals surface area contributed by atoms with Gasteiger partial charge in [0.25, 0.3) is 0 Å². The number of nitrogens with one attached hydrogen (secondary N) is 1. The van der Waals surface area contributed by atoms with Crippen LogP contribution in [0.2, 0.25) is 0 Å². The summed E-state index contributed by atoms with van der Waals surface area (Å²) < 4.78 is 10.9. The summed E-state index contributed by atoms with van der Waals surface area (Å²) in [6.45, 7) is 1.87. The maximum Gasteiger partial charge on any atom is 0.0813 e. The molecule has 0 aromatic rings. The fourth-order valence-electron chi connectivity index (χ4n) is 2.18. The van der Waals surface area contributed by atoms with Crippen molar-refractivity contribution >= 4 is 0 Å². The number of methoxy groups -OCH3 is 1. The number of hydrogen-bond acceptors (Lipinski definition) is 3. The standard InChI is InChI=1S/C9H17NO2/c1-11-6-7-2-3-8-9(12-7)4-5-10-8/h7-10H,2-6H2,1H3/t7-,8-,9-/m1/s1. The van der Waals surface area contributed by atoms with Crippen molar-refractivity contribution in [2.75, 3.05) is 20.3 Å². The summed E-state index contributed by atoms with van der Waals surface area (Å²) in [6.07, 6.45) is 4.36. The first-order valence-corrected chi connectivity index (χ1v) is 4.78. The SMILES string of the molecule is COC[C@H]1CC[C@H]2NCC[C@H]2O1. The maximum atomic E-state index is 5.86. The molecule has 0 unspecified atom stereocenters. The molecule has 2 aliphatic rings. The van der Waals surface area contributed by atoms with Crippen LogP contribution in [-0.2, 0) is 9.47 Å². The Morgan fingerprint density at radius 2 is 2.33 bits per heavy atom. The van der Waals surface area contributed by atoms with Gasteiger partial charge in [-0.2, -0.15) is 0 Å². The molecule has 12 heavy (non-hydrogen) atoms. The lowest BCUT2D eigenvalue weighted by atomic mass is 10.0. The van der Waals surface area contributed by atoms with Gasteiger partial charge in [0.2, 0.25) is 0 Å². The second-order valence-corrected chi connectivity index (χ2v) is 3.68. The zero-order valence-corrected chi connectivity index (χ0v) is 7.58. The van der Waals surface area contributed by atoms with Crippen LogP contribution in [0.15, 0.2) is 0 Å². The molecule has 0 amide bonds. The molecule has 2 aliphatic heterocycles. The second-order valence-electron chi connectivity index (χ2n) is 3.68. The lowest BCUT2D eigenvalue weighted by Crippen LogP contribution is -2.41. The van der Waals surface area contributed by atoms with Crippen LogP contribution < -0.4 is 5.32 Å². The summed E-state index contributed by atoms with van der Waals surface area (Å²) in [6, 6.07) is 0.623. The van der Waals surface area contributed by atoms with Crippen molar-refractivity contribution < 1.29 is 9.47 Å². The van der Waals surface area contributed by atoms with Gasteiger partial charge in [0.05, 0.1) is 18.8 Å². The van der Waals surface area contributed by atoms with Gasteiger partial charge in [0.15, 0.2) is 0 Å². The van der Waals surface area contributed by atoms with Crippen molar-refractivity contribution in [2.24, 2.45) is 0 Å². The first-order chi connectivity index (χ1) is 5.90. The Morgan fingerprint density at radius 1 is 1.42 bits per heavy atom. The molecule has 1 N–H and O–H groups in total. The summed E-state index contributed by atoms with van der Waals surface area (Å²) in [4.78, 5) is 0. The fraction of sp³-hybridized carbons (Fsp3) is 1.00. The minimum absolute atomic E-state index is 0.344. The van der Waals surface area contributed by atoms with Crippen LogP contribution in [0.1, 0.15) is 19.3 Å². The predicted molar refractivity (Wildman–Crippen MR) is 46.2 cm³/mol. The van der Waals surface area contributed by atoms with E-state index in [-0.39, 0.29) is 0 Å². The molecule has 0 aromatic heterocycles. The lowest BCUT2D eigenvalue weighted by Gasteiger charge is -2.31. The van der Waals surface area contributed by atoms with Crippen molar-refractivity contribution in [1.82, 2.24) is 5.32 Å². The van der Waals surface area contributed by atoms with Gasteiger partial charge in [-0.3, -0.25) is 0 Å². The summed E-state index contributed by atoms with van der Waals surface area (Å²) in [5.41, 5.74) is 0. The summed E-state index contributed by atoms with van der Waals surface area (Å²) in [5.74, 6) is 0. The van der Waals surface area contributed by atoms with Crippen molar-refractivity contribution in [3.8, 4) is 0 Å². The average molecular weight is 171 g/mol. The monoisotopic (exact) mass is 171 g/mol. The largest absolute Gasteiger partial charge is 0.382 e. The van der Waals surface area contributed by atoms with Crippen molar-refractivity contribution in [2.45, 2.75) is 37.5 Å². The molecule has 0 bridgehead atoms. The van der Waals surface area contributed by atoms with E-state index in [0.29, 0.717) is 18.2 Å². The van der Waals surface area contributed by atoms with Crippen molar-refractivity contribution in [1.29, 1.82) is 0 Å². The van der Waals surface area contributed by atoms with E-state index in [2.05, 4.69) is 5.32 Å². The van der Waals surface area contributed by atoms with Gasteiger partial charge in [-0.1, -0.05) is 0 Å². The van der Waals surface area contributed by atoms with E-state index in [4.69, 9.17) is 9.47 Å². The van der Waals surface area contributed by atoms with Crippen molar-refractivity contribution in [3.05, 3.63) is 0 Å². The molecule has 2 rings (SSSR count). The molecule has 70 valence electrons. The van der Waals surface area contributed by atoms with Crippen LogP contribution in [0.4, 0.5) is 0 Å². The van der Waals surface area contributed by atoms with Crippen LogP contribution in [0, 0.1) is 0 Å². The highest BCUT2D eigenvalue weighted by Gasteiger charge is 2.34. The number of hydrogen-bond donors (Lipinski definition) is 1. The van der Waals surface area contributed by atoms with E-state index in [9.17, 15) is 0 Å². The van der Waals surface area contributed by atoms with E-state index < -0.39 is 0 Å². The molecule has 2 saturated heterocycles. The molecule has 3 atom stereocenters. The first kappa shape index (κ1) is 8.48. The summed E-state index contributed by atoms with van der Waals surface area (Å²) >= 11 is 0. The molecular weight excluding hydrogens is 154 g/mol. The lowest BCUT2D eigenvalue weighted by molar-refractivity contribution is -0.0814. The van der Waals surface area contributed by atoms with Crippen LogP contribution >= 0.6 is 0 Å². The van der Waals surface area contributed by atoms with Gasteiger partial charge >= 0.3 is 0 Å². The van der Waals surface area contributed by atoms with E-state index in [1.807, 2.05) is 0 Å². The Bertz CT molecular complexity index is 151. The Labute approximate surface area is 73.4 Å². The third-order valence-electron chi connectivity index (χ3n) is 2.80. The zero-order valence-electron chi connectivity index (χ0n) is 7.58. The quantitative estimate of drug-likeness (QED) is 0.658. The molecule has 0 aromatic carbocycles. The van der Waals surface area contributed by atoms with Gasteiger partial charge in [0, 0.05) is 13.2 Å². The maximum absolute atomic E-state index is 5.86. The summed E-state index contributed by atoms with van der Waals surface area (Å²) in [7, 11) is 1.74. The predicted octanol–water partition coefficient (Wildman–Crippen LogP) is 0.542. The fourth-order valence-corrected chi connectivity index (χ4v) is 2.18. The molecule has 2 fully saturated rings. The minimum atomic E-state index is 0.344. The van der Waals surface area contributed by atoms with Crippen LogP contribution in [0.5, 0.6) is 0 Å². The molecule has 0 spiro atoms. The Kier molecular flexibility index (Phi) is 2.63. The number of fused-ring (bicyclic) bond motifs is 1. The smallest absolute Gasteiger partial charge is 0.0813 e. The molecule has 2 heterocycles. The number of ether oxygens (including phenoxy) is 2. The van der Waals surface area contributed by atoms with Gasteiger partial charge in [-0.25, -0.2) is 0 Å². The van der Waals surface area contributed by atoms with Crippen molar-refractivity contribution in [3.63, 3.8) is 0 Å². The molecule has 3 nitrogen and oxygen atoms in total. The third-order valence-corrected chi connectivity index (χ3v) is 2.80. The van der Waals surface area contributed by atoms with Crippen LogP contribution in [-0.4, -0.2) is 38.5 Å². The molecule has 3 heteroatoms. The number of rotatable bonds is 2. The average Bonchev–Trinajstić information content (AvgIpc) is 2.51. The van der Waals surface area contributed by atoms with Gasteiger partial charge in [-0.05, 0) is 25.8 Å². The second kappa shape index (κ2) is 3.73. The van der Waals surface area contributed by atoms with Gasteiger partial charge in [0.1, 0.15) is 0 Å². The topological polar surface area (TPSA) is 30.5 Å². The Morgan fingerprint density at radius 3 is 3.17 bits per heavy atom. The van der Waals surface area contributed by atoms with E-state index in [1.165, 1.54) is 12.8 Å². The normalized spacial score (nSPS) is 41.2. The molecule has 0 radical (unpaired) electrons. The Hall–Kier alpha value is -0.120. The molecule has 0 aliphatic carbocycles. The van der Waals surface area contributed by atoms with E-state index >= 15 is 0 Å². The van der Waals surface area contributed by atoms with Crippen LogP contribution in [0.3, 0.4) is 0 Å². The highest BCUT2D eigenvalue weighted by molar-refractivity contribution is 4.89. The van der Waals surface area contributed by atoms with E-state index in [0.717, 1.165) is 19.6 Å². The first-order valence-electron chi connectivity index (χ1n) is 4.78. The third kappa shape index (κ3) is 1.63. The zero-order chi connectivity index (χ0) is 8.39.